The van der Waals surface area contributed by atoms with Crippen molar-refractivity contribution in [2.24, 2.45) is 5.18 Å². The van der Waals surface area contributed by atoms with Gasteiger partial charge in [-0.2, -0.15) is 0 Å². The summed E-state index contributed by atoms with van der Waals surface area (Å²) < 4.78 is 7.04. The van der Waals surface area contributed by atoms with Crippen molar-refractivity contribution in [3.8, 4) is 16.9 Å². The molecule has 94 valence electrons. The molecule has 0 atom stereocenters. The number of nitrogens with zero attached hydrogens (tertiary/aromatic N) is 2. The van der Waals surface area contributed by atoms with Gasteiger partial charge in [0.2, 0.25) is 0 Å². The average molecular weight is 252 g/mol. The van der Waals surface area contributed by atoms with Crippen molar-refractivity contribution in [2.75, 3.05) is 7.11 Å². The van der Waals surface area contributed by atoms with Gasteiger partial charge in [0.25, 0.3) is 0 Å². The van der Waals surface area contributed by atoms with E-state index in [0.29, 0.717) is 5.69 Å². The quantitative estimate of drug-likeness (QED) is 0.661. The van der Waals surface area contributed by atoms with E-state index < -0.39 is 0 Å². The van der Waals surface area contributed by atoms with Crippen molar-refractivity contribution < 1.29 is 4.74 Å². The van der Waals surface area contributed by atoms with Crippen molar-refractivity contribution in [2.45, 2.75) is 0 Å². The second-order valence-corrected chi connectivity index (χ2v) is 4.23. The number of ether oxygens (including phenoxy) is 1. The third-order valence-corrected chi connectivity index (χ3v) is 3.13. The molecule has 0 bridgehead atoms. The summed E-state index contributed by atoms with van der Waals surface area (Å²) in [6, 6.07) is 13.3. The maximum absolute atomic E-state index is 10.8. The van der Waals surface area contributed by atoms with E-state index >= 15 is 0 Å². The number of rotatable bonds is 3. The lowest BCUT2D eigenvalue weighted by molar-refractivity contribution is 0.415. The van der Waals surface area contributed by atoms with Gasteiger partial charge in [0.15, 0.2) is 0 Å². The Kier molecular flexibility index (Phi) is 2.76. The number of methoxy groups -OCH3 is 1. The maximum atomic E-state index is 10.8. The molecule has 0 aliphatic carbocycles. The maximum Gasteiger partial charge on any atom is 0.132 e. The Hall–Kier alpha value is -2.62. The first-order chi connectivity index (χ1) is 9.31. The van der Waals surface area contributed by atoms with E-state index in [1.54, 1.807) is 13.2 Å². The lowest BCUT2D eigenvalue weighted by Gasteiger charge is -2.00. The fraction of sp³-hybridized carbons (Fsp3) is 0.0667. The van der Waals surface area contributed by atoms with Crippen LogP contribution in [0.3, 0.4) is 0 Å². The molecule has 0 fully saturated rings. The van der Waals surface area contributed by atoms with Crippen LogP contribution in [0.25, 0.3) is 16.6 Å². The molecule has 0 unspecified atom stereocenters. The summed E-state index contributed by atoms with van der Waals surface area (Å²) in [6.07, 6.45) is 3.88. The molecule has 0 amide bonds. The standard InChI is InChI=1S/C15H12N2O2/c1-19-13-6-4-11(5-7-13)12-9-15-14(16-18)3-2-8-17(15)10-12/h2-10H,1H3. The molecule has 1 aromatic carbocycles. The highest BCUT2D eigenvalue weighted by atomic mass is 16.5. The first-order valence-corrected chi connectivity index (χ1v) is 5.90. The summed E-state index contributed by atoms with van der Waals surface area (Å²) in [7, 11) is 1.64. The van der Waals surface area contributed by atoms with Gasteiger partial charge in [0, 0.05) is 18.0 Å². The van der Waals surface area contributed by atoms with Gasteiger partial charge < -0.3 is 9.14 Å². The zero-order valence-corrected chi connectivity index (χ0v) is 10.4. The Morgan fingerprint density at radius 2 is 1.89 bits per heavy atom. The molecule has 0 saturated heterocycles. The predicted octanol–water partition coefficient (Wildman–Crippen LogP) is 4.01. The monoisotopic (exact) mass is 252 g/mol. The van der Waals surface area contributed by atoms with E-state index in [9.17, 15) is 4.91 Å². The molecule has 19 heavy (non-hydrogen) atoms. The number of fused-ring (bicyclic) bond motifs is 1. The van der Waals surface area contributed by atoms with Gasteiger partial charge in [-0.3, -0.25) is 0 Å². The van der Waals surface area contributed by atoms with Crippen molar-refractivity contribution >= 4 is 11.2 Å². The molecular weight excluding hydrogens is 240 g/mol. The van der Waals surface area contributed by atoms with Gasteiger partial charge in [0.05, 0.1) is 12.6 Å². The number of nitroso groups, excluding NO2 is 1. The molecule has 2 aromatic heterocycles. The lowest BCUT2D eigenvalue weighted by atomic mass is 10.1. The number of hydrogen-bond donors (Lipinski definition) is 0. The minimum atomic E-state index is 0.447. The first kappa shape index (κ1) is 11.5. The van der Waals surface area contributed by atoms with Crippen LogP contribution in [0.15, 0.2) is 60.0 Å². The van der Waals surface area contributed by atoms with E-state index in [1.807, 2.05) is 53.2 Å². The summed E-state index contributed by atoms with van der Waals surface area (Å²) in [5.41, 5.74) is 3.37. The number of aromatic nitrogens is 1. The molecular formula is C15H12N2O2. The van der Waals surface area contributed by atoms with Crippen molar-refractivity contribution in [3.63, 3.8) is 0 Å². The topological polar surface area (TPSA) is 43.1 Å². The van der Waals surface area contributed by atoms with E-state index in [4.69, 9.17) is 4.74 Å². The number of pyridine rings is 1. The van der Waals surface area contributed by atoms with Crippen LogP contribution in [0.2, 0.25) is 0 Å². The predicted molar refractivity (Wildman–Crippen MR) is 74.8 cm³/mol. The van der Waals surface area contributed by atoms with Crippen LogP contribution in [0.4, 0.5) is 5.69 Å². The van der Waals surface area contributed by atoms with Crippen LogP contribution in [0.1, 0.15) is 0 Å². The smallest absolute Gasteiger partial charge is 0.132 e. The summed E-state index contributed by atoms with van der Waals surface area (Å²) in [6.45, 7) is 0. The number of benzene rings is 1. The van der Waals surface area contributed by atoms with Gasteiger partial charge in [0.1, 0.15) is 11.4 Å². The molecule has 4 heteroatoms. The highest BCUT2D eigenvalue weighted by Gasteiger charge is 2.06. The Morgan fingerprint density at radius 1 is 1.11 bits per heavy atom. The van der Waals surface area contributed by atoms with E-state index in [2.05, 4.69) is 5.18 Å². The minimum absolute atomic E-state index is 0.447. The fourth-order valence-electron chi connectivity index (χ4n) is 2.14. The average Bonchev–Trinajstić information content (AvgIpc) is 2.91. The van der Waals surface area contributed by atoms with Gasteiger partial charge in [-0.1, -0.05) is 12.1 Å². The number of hydrogen-bond acceptors (Lipinski definition) is 3. The van der Waals surface area contributed by atoms with Crippen molar-refractivity contribution in [1.82, 2.24) is 4.40 Å². The molecule has 0 N–H and O–H groups in total. The largest absolute Gasteiger partial charge is 0.497 e. The van der Waals surface area contributed by atoms with Crippen LogP contribution in [-0.2, 0) is 0 Å². The highest BCUT2D eigenvalue weighted by molar-refractivity contribution is 5.78. The zero-order valence-electron chi connectivity index (χ0n) is 10.4. The van der Waals surface area contributed by atoms with E-state index in [1.165, 1.54) is 0 Å². The lowest BCUT2D eigenvalue weighted by Crippen LogP contribution is -1.81. The summed E-state index contributed by atoms with van der Waals surface area (Å²) >= 11 is 0. The summed E-state index contributed by atoms with van der Waals surface area (Å²) in [4.78, 5) is 10.8. The van der Waals surface area contributed by atoms with Crippen LogP contribution in [0, 0.1) is 4.91 Å². The molecule has 0 aliphatic rings. The van der Waals surface area contributed by atoms with E-state index in [0.717, 1.165) is 22.4 Å². The van der Waals surface area contributed by atoms with Crippen LogP contribution in [-0.4, -0.2) is 11.5 Å². The third kappa shape index (κ3) is 1.97. The Morgan fingerprint density at radius 3 is 2.58 bits per heavy atom. The molecule has 0 aliphatic heterocycles. The molecule has 0 spiro atoms. The highest BCUT2D eigenvalue weighted by Crippen LogP contribution is 2.28. The van der Waals surface area contributed by atoms with Gasteiger partial charge >= 0.3 is 0 Å². The Labute approximate surface area is 110 Å². The first-order valence-electron chi connectivity index (χ1n) is 5.90. The summed E-state index contributed by atoms with van der Waals surface area (Å²) in [5, 5.41) is 3.04. The van der Waals surface area contributed by atoms with Crippen LogP contribution < -0.4 is 4.74 Å². The van der Waals surface area contributed by atoms with Crippen LogP contribution >= 0.6 is 0 Å². The zero-order chi connectivity index (χ0) is 13.2. The minimum Gasteiger partial charge on any atom is -0.497 e. The van der Waals surface area contributed by atoms with Crippen molar-refractivity contribution in [1.29, 1.82) is 0 Å². The van der Waals surface area contributed by atoms with Gasteiger partial charge in [-0.25, -0.2) is 0 Å². The third-order valence-electron chi connectivity index (χ3n) is 3.13. The van der Waals surface area contributed by atoms with E-state index in [-0.39, 0.29) is 0 Å². The van der Waals surface area contributed by atoms with Gasteiger partial charge in [-0.15, -0.1) is 4.91 Å². The summed E-state index contributed by atoms with van der Waals surface area (Å²) in [5.74, 6) is 0.822. The molecule has 0 radical (unpaired) electrons. The normalized spacial score (nSPS) is 10.6. The Bertz CT molecular complexity index is 729. The fourth-order valence-corrected chi connectivity index (χ4v) is 2.14. The second kappa shape index (κ2) is 4.57. The van der Waals surface area contributed by atoms with Crippen LogP contribution in [0.5, 0.6) is 5.75 Å². The van der Waals surface area contributed by atoms with Gasteiger partial charge in [-0.05, 0) is 41.1 Å². The Balaban J connectivity index is 2.12. The van der Waals surface area contributed by atoms with Crippen molar-refractivity contribution in [3.05, 3.63) is 59.8 Å². The molecule has 3 aromatic rings. The molecule has 3 rings (SSSR count). The molecule has 2 heterocycles. The second-order valence-electron chi connectivity index (χ2n) is 4.23. The SMILES string of the molecule is COc1ccc(-c2cc3c(N=O)cccn3c2)cc1. The molecule has 4 nitrogen and oxygen atoms in total. The molecule has 0 saturated carbocycles.